The Bertz CT molecular complexity index is 2500. The fraction of sp³-hybridized carbons (Fsp3) is 0. The fourth-order valence-corrected chi connectivity index (χ4v) is 7.42. The Hall–Kier alpha value is -5.98. The van der Waals surface area contributed by atoms with E-state index in [1.54, 1.807) is 0 Å². The Morgan fingerprint density at radius 3 is 1.24 bits per heavy atom. The summed E-state index contributed by atoms with van der Waals surface area (Å²) in [4.78, 5) is 0. The third kappa shape index (κ3) is 4.23. The molecule has 0 saturated carbocycles. The molecule has 0 aliphatic heterocycles. The lowest BCUT2D eigenvalue weighted by molar-refractivity contribution is 1.60. The Kier molecular flexibility index (Phi) is 6.25. The van der Waals surface area contributed by atoms with Gasteiger partial charge >= 0.3 is 0 Å². The maximum atomic E-state index is 2.36. The molecule has 0 aliphatic rings. The van der Waals surface area contributed by atoms with Crippen LogP contribution < -0.4 is 0 Å². The largest absolute Gasteiger partial charge is 0.0622 e. The molecule has 46 heavy (non-hydrogen) atoms. The van der Waals surface area contributed by atoms with Crippen LogP contribution in [0.5, 0.6) is 0 Å². The van der Waals surface area contributed by atoms with E-state index < -0.39 is 0 Å². The van der Waals surface area contributed by atoms with E-state index in [4.69, 9.17) is 0 Å². The molecule has 0 radical (unpaired) electrons. The van der Waals surface area contributed by atoms with Crippen LogP contribution in [0.2, 0.25) is 0 Å². The highest BCUT2D eigenvalue weighted by Gasteiger charge is 2.17. The Morgan fingerprint density at radius 2 is 0.630 bits per heavy atom. The van der Waals surface area contributed by atoms with Crippen LogP contribution in [-0.2, 0) is 0 Å². The molecule has 0 saturated heterocycles. The zero-order valence-electron chi connectivity index (χ0n) is 25.3. The lowest BCUT2D eigenvalue weighted by atomic mass is 9.85. The smallest absolute Gasteiger partial charge is 0.00264 e. The van der Waals surface area contributed by atoms with Crippen molar-refractivity contribution in [3.8, 4) is 44.5 Å². The van der Waals surface area contributed by atoms with Gasteiger partial charge in [-0.1, -0.05) is 176 Å². The quantitative estimate of drug-likeness (QED) is 0.143. The monoisotopic (exact) mass is 582 g/mol. The van der Waals surface area contributed by atoms with E-state index >= 15 is 0 Å². The van der Waals surface area contributed by atoms with Crippen molar-refractivity contribution in [2.75, 3.05) is 0 Å². The Morgan fingerprint density at radius 1 is 0.217 bits per heavy atom. The van der Waals surface area contributed by atoms with E-state index in [-0.39, 0.29) is 0 Å². The van der Waals surface area contributed by atoms with Gasteiger partial charge in [0.15, 0.2) is 0 Å². The summed E-state index contributed by atoms with van der Waals surface area (Å²) in [7, 11) is 0. The van der Waals surface area contributed by atoms with Crippen LogP contribution in [0.15, 0.2) is 182 Å². The maximum Gasteiger partial charge on any atom is -0.00264 e. The average molecular weight is 583 g/mol. The molecule has 0 fully saturated rings. The first-order chi connectivity index (χ1) is 22.8. The van der Waals surface area contributed by atoms with Gasteiger partial charge in [0.05, 0.1) is 0 Å². The van der Waals surface area contributed by atoms with Gasteiger partial charge < -0.3 is 0 Å². The molecule has 0 aromatic heterocycles. The van der Waals surface area contributed by atoms with Crippen LogP contribution in [0.4, 0.5) is 0 Å². The molecule has 0 aliphatic carbocycles. The van der Waals surface area contributed by atoms with E-state index in [1.807, 2.05) is 0 Å². The van der Waals surface area contributed by atoms with Crippen molar-refractivity contribution in [2.45, 2.75) is 0 Å². The number of hydrogen-bond acceptors (Lipinski definition) is 0. The molecule has 0 bridgehead atoms. The summed E-state index contributed by atoms with van der Waals surface area (Å²) in [5.41, 5.74) is 10.0. The van der Waals surface area contributed by atoms with E-state index in [0.717, 1.165) is 0 Å². The first-order valence-corrected chi connectivity index (χ1v) is 15.9. The van der Waals surface area contributed by atoms with Crippen molar-refractivity contribution in [3.05, 3.63) is 182 Å². The van der Waals surface area contributed by atoms with Crippen molar-refractivity contribution in [3.63, 3.8) is 0 Å². The van der Waals surface area contributed by atoms with Gasteiger partial charge in [-0.3, -0.25) is 0 Å². The average Bonchev–Trinajstić information content (AvgIpc) is 3.14. The van der Waals surface area contributed by atoms with Crippen LogP contribution in [0.3, 0.4) is 0 Å². The molecule has 0 spiro atoms. The number of rotatable bonds is 4. The second-order valence-electron chi connectivity index (χ2n) is 12.0. The van der Waals surface area contributed by atoms with E-state index in [2.05, 4.69) is 182 Å². The summed E-state index contributed by atoms with van der Waals surface area (Å²) in [5.74, 6) is 0. The van der Waals surface area contributed by atoms with E-state index in [1.165, 1.54) is 87.6 Å². The number of hydrogen-bond donors (Lipinski definition) is 0. The second kappa shape index (κ2) is 10.9. The predicted molar refractivity (Wildman–Crippen MR) is 198 cm³/mol. The SMILES string of the molecule is c1ccc(-c2c3ccccc3c(-c3ccc(-c4ccccc4-c4cc5ccccc5c5ccccc45)cc3)c3ccccc23)cc1. The summed E-state index contributed by atoms with van der Waals surface area (Å²) in [6, 6.07) is 66.4. The van der Waals surface area contributed by atoms with Crippen molar-refractivity contribution in [1.29, 1.82) is 0 Å². The van der Waals surface area contributed by atoms with Gasteiger partial charge in [-0.2, -0.15) is 0 Å². The summed E-state index contributed by atoms with van der Waals surface area (Å²) >= 11 is 0. The molecule has 0 N–H and O–H groups in total. The van der Waals surface area contributed by atoms with Crippen LogP contribution in [0.1, 0.15) is 0 Å². The molecule has 0 amide bonds. The Balaban J connectivity index is 1.23. The predicted octanol–water partition coefficient (Wildman–Crippen LogP) is 13.0. The highest BCUT2D eigenvalue weighted by Crippen LogP contribution is 2.44. The van der Waals surface area contributed by atoms with Crippen LogP contribution in [-0.4, -0.2) is 0 Å². The summed E-state index contributed by atoms with van der Waals surface area (Å²) in [6.45, 7) is 0. The van der Waals surface area contributed by atoms with E-state index in [0.29, 0.717) is 0 Å². The standard InChI is InChI=1S/C46H30/c1-2-14-32(15-3-1)45-40-22-10-12-24-42(40)46(43-25-13-11-23-41(43)45)33-28-26-31(27-29-33)35-17-6-7-20-38(35)44-30-34-16-4-5-18-36(34)37-19-8-9-21-39(37)44/h1-30H. The highest BCUT2D eigenvalue weighted by molar-refractivity contribution is 6.21. The van der Waals surface area contributed by atoms with Gasteiger partial charge in [0.1, 0.15) is 0 Å². The molecular formula is C46H30. The number of fused-ring (bicyclic) bond motifs is 5. The lowest BCUT2D eigenvalue weighted by Crippen LogP contribution is -1.91. The normalized spacial score (nSPS) is 11.5. The molecule has 0 heterocycles. The van der Waals surface area contributed by atoms with Gasteiger partial charge in [-0.05, 0) is 93.7 Å². The van der Waals surface area contributed by atoms with Gasteiger partial charge in [0.2, 0.25) is 0 Å². The van der Waals surface area contributed by atoms with Crippen LogP contribution >= 0.6 is 0 Å². The van der Waals surface area contributed by atoms with Crippen molar-refractivity contribution in [2.24, 2.45) is 0 Å². The minimum absolute atomic E-state index is 1.21. The van der Waals surface area contributed by atoms with Crippen molar-refractivity contribution in [1.82, 2.24) is 0 Å². The highest BCUT2D eigenvalue weighted by atomic mass is 14.2. The summed E-state index contributed by atoms with van der Waals surface area (Å²) in [5, 5.41) is 10.2. The molecule has 9 aromatic carbocycles. The topological polar surface area (TPSA) is 0 Å². The third-order valence-electron chi connectivity index (χ3n) is 9.46. The molecule has 0 heteroatoms. The maximum absolute atomic E-state index is 2.36. The molecule has 0 atom stereocenters. The number of benzene rings is 9. The zero-order chi connectivity index (χ0) is 30.5. The Labute approximate surface area is 268 Å². The zero-order valence-corrected chi connectivity index (χ0v) is 25.3. The first kappa shape index (κ1) is 26.4. The third-order valence-corrected chi connectivity index (χ3v) is 9.46. The second-order valence-corrected chi connectivity index (χ2v) is 12.0. The van der Waals surface area contributed by atoms with Crippen LogP contribution in [0.25, 0.3) is 87.6 Å². The summed E-state index contributed by atoms with van der Waals surface area (Å²) in [6.07, 6.45) is 0. The minimum atomic E-state index is 1.21. The van der Waals surface area contributed by atoms with Crippen molar-refractivity contribution >= 4 is 43.1 Å². The fourth-order valence-electron chi connectivity index (χ4n) is 7.42. The molecule has 9 rings (SSSR count). The lowest BCUT2D eigenvalue weighted by Gasteiger charge is -2.18. The summed E-state index contributed by atoms with van der Waals surface area (Å²) < 4.78 is 0. The van der Waals surface area contributed by atoms with Gasteiger partial charge in [0, 0.05) is 0 Å². The minimum Gasteiger partial charge on any atom is -0.0622 e. The molecule has 0 nitrogen and oxygen atoms in total. The molecular weight excluding hydrogens is 553 g/mol. The molecule has 214 valence electrons. The van der Waals surface area contributed by atoms with Gasteiger partial charge in [-0.25, -0.2) is 0 Å². The van der Waals surface area contributed by atoms with Gasteiger partial charge in [0.25, 0.3) is 0 Å². The first-order valence-electron chi connectivity index (χ1n) is 15.9. The van der Waals surface area contributed by atoms with Gasteiger partial charge in [-0.15, -0.1) is 0 Å². The molecule has 9 aromatic rings. The van der Waals surface area contributed by atoms with Crippen molar-refractivity contribution < 1.29 is 0 Å². The van der Waals surface area contributed by atoms with E-state index in [9.17, 15) is 0 Å². The van der Waals surface area contributed by atoms with Crippen LogP contribution in [0, 0.1) is 0 Å². The molecule has 0 unspecified atom stereocenters.